The minimum absolute atomic E-state index is 0.692. The third-order valence-electron chi connectivity index (χ3n) is 1.65. The molecule has 3 N–H and O–H groups in total. The zero-order valence-corrected chi connectivity index (χ0v) is 8.25. The molecule has 74 valence electrons. The third kappa shape index (κ3) is 3.52. The van der Waals surface area contributed by atoms with Crippen LogP contribution in [0, 0.1) is 0 Å². The molecular weight excluding hydrogens is 166 g/mol. The van der Waals surface area contributed by atoms with Gasteiger partial charge in [0.15, 0.2) is 5.82 Å². The first-order chi connectivity index (χ1) is 6.22. The predicted octanol–water partition coefficient (Wildman–Crippen LogP) is -0.242. The molecule has 0 aliphatic carbocycles. The van der Waals surface area contributed by atoms with Crippen molar-refractivity contribution in [1.82, 2.24) is 20.1 Å². The Morgan fingerprint density at radius 3 is 2.85 bits per heavy atom. The first-order valence-electron chi connectivity index (χ1n) is 4.47. The van der Waals surface area contributed by atoms with Crippen LogP contribution in [-0.4, -0.2) is 40.7 Å². The van der Waals surface area contributed by atoms with Crippen LogP contribution in [0.1, 0.15) is 18.1 Å². The van der Waals surface area contributed by atoms with Crippen molar-refractivity contribution in [3.05, 3.63) is 11.6 Å². The lowest BCUT2D eigenvalue weighted by Gasteiger charge is -2.04. The summed E-state index contributed by atoms with van der Waals surface area (Å²) in [4.78, 5) is 6.37. The Labute approximate surface area is 78.3 Å². The zero-order valence-electron chi connectivity index (χ0n) is 8.25. The summed E-state index contributed by atoms with van der Waals surface area (Å²) in [6.45, 7) is 1.49. The Balaban J connectivity index is 2.44. The van der Waals surface area contributed by atoms with Crippen molar-refractivity contribution in [2.75, 3.05) is 20.6 Å². The van der Waals surface area contributed by atoms with Gasteiger partial charge < -0.3 is 10.6 Å². The van der Waals surface area contributed by atoms with Gasteiger partial charge in [0, 0.05) is 6.42 Å². The maximum atomic E-state index is 5.39. The number of aryl methyl sites for hydroxylation is 1. The van der Waals surface area contributed by atoms with Gasteiger partial charge in [-0.3, -0.25) is 5.10 Å². The molecule has 5 nitrogen and oxygen atoms in total. The molecule has 0 spiro atoms. The maximum Gasteiger partial charge on any atom is 0.150 e. The molecule has 1 rings (SSSR count). The highest BCUT2D eigenvalue weighted by Gasteiger charge is 2.02. The van der Waals surface area contributed by atoms with Crippen LogP contribution in [0.4, 0.5) is 0 Å². The van der Waals surface area contributed by atoms with Gasteiger partial charge in [0.25, 0.3) is 0 Å². The lowest BCUT2D eigenvalue weighted by molar-refractivity contribution is 0.391. The van der Waals surface area contributed by atoms with E-state index in [1.54, 1.807) is 0 Å². The van der Waals surface area contributed by atoms with Crippen molar-refractivity contribution >= 4 is 0 Å². The van der Waals surface area contributed by atoms with Gasteiger partial charge in [-0.25, -0.2) is 4.98 Å². The second-order valence-electron chi connectivity index (χ2n) is 3.33. The second kappa shape index (κ2) is 4.94. The highest BCUT2D eigenvalue weighted by atomic mass is 15.2. The molecule has 5 heteroatoms. The van der Waals surface area contributed by atoms with Crippen molar-refractivity contribution < 1.29 is 0 Å². The Kier molecular flexibility index (Phi) is 3.85. The summed E-state index contributed by atoms with van der Waals surface area (Å²) < 4.78 is 0. The van der Waals surface area contributed by atoms with Gasteiger partial charge in [-0.15, -0.1) is 0 Å². The molecule has 0 saturated carbocycles. The number of aromatic nitrogens is 3. The molecule has 1 aromatic rings. The molecule has 0 saturated heterocycles. The highest BCUT2D eigenvalue weighted by molar-refractivity contribution is 4.90. The lowest BCUT2D eigenvalue weighted by Crippen LogP contribution is -2.11. The number of hydrogen-bond acceptors (Lipinski definition) is 4. The first kappa shape index (κ1) is 10.1. The SMILES string of the molecule is CN(C)Cc1nc(CCCN)n[nH]1. The quantitative estimate of drug-likeness (QED) is 0.661. The Morgan fingerprint density at radius 1 is 1.46 bits per heavy atom. The van der Waals surface area contributed by atoms with Gasteiger partial charge in [-0.2, -0.15) is 5.10 Å². The smallest absolute Gasteiger partial charge is 0.150 e. The predicted molar refractivity (Wildman–Crippen MR) is 51.1 cm³/mol. The van der Waals surface area contributed by atoms with Crippen LogP contribution in [0.3, 0.4) is 0 Å². The highest BCUT2D eigenvalue weighted by Crippen LogP contribution is 1.97. The van der Waals surface area contributed by atoms with Crippen molar-refractivity contribution in [1.29, 1.82) is 0 Å². The summed E-state index contributed by atoms with van der Waals surface area (Å²) in [6.07, 6.45) is 1.81. The van der Waals surface area contributed by atoms with Crippen LogP contribution in [0.15, 0.2) is 0 Å². The summed E-state index contributed by atoms with van der Waals surface area (Å²) in [5.74, 6) is 1.78. The van der Waals surface area contributed by atoms with Gasteiger partial charge >= 0.3 is 0 Å². The van der Waals surface area contributed by atoms with Crippen LogP contribution in [-0.2, 0) is 13.0 Å². The molecule has 0 aliphatic heterocycles. The van der Waals surface area contributed by atoms with Crippen LogP contribution >= 0.6 is 0 Å². The minimum atomic E-state index is 0.692. The van der Waals surface area contributed by atoms with Crippen molar-refractivity contribution in [2.24, 2.45) is 5.73 Å². The van der Waals surface area contributed by atoms with E-state index in [1.807, 2.05) is 19.0 Å². The number of nitrogens with two attached hydrogens (primary N) is 1. The number of nitrogens with zero attached hydrogens (tertiary/aromatic N) is 3. The molecule has 0 aromatic carbocycles. The van der Waals surface area contributed by atoms with Gasteiger partial charge in [0.05, 0.1) is 6.54 Å². The average molecular weight is 183 g/mol. The van der Waals surface area contributed by atoms with Crippen molar-refractivity contribution in [3.8, 4) is 0 Å². The van der Waals surface area contributed by atoms with E-state index in [0.29, 0.717) is 6.54 Å². The van der Waals surface area contributed by atoms with Crippen LogP contribution < -0.4 is 5.73 Å². The van der Waals surface area contributed by atoms with Gasteiger partial charge in [-0.1, -0.05) is 0 Å². The number of nitrogens with one attached hydrogen (secondary N) is 1. The van der Waals surface area contributed by atoms with Gasteiger partial charge in [-0.05, 0) is 27.1 Å². The lowest BCUT2D eigenvalue weighted by atomic mass is 10.3. The molecule has 0 unspecified atom stereocenters. The molecule has 0 amide bonds. The number of rotatable bonds is 5. The molecule has 0 radical (unpaired) electrons. The summed E-state index contributed by atoms with van der Waals surface area (Å²) in [5.41, 5.74) is 5.39. The van der Waals surface area contributed by atoms with E-state index in [4.69, 9.17) is 5.73 Å². The second-order valence-corrected chi connectivity index (χ2v) is 3.33. The Hall–Kier alpha value is -0.940. The molecule has 0 atom stereocenters. The molecule has 0 aliphatic rings. The van der Waals surface area contributed by atoms with Crippen LogP contribution in [0.25, 0.3) is 0 Å². The van der Waals surface area contributed by atoms with E-state index in [2.05, 4.69) is 15.2 Å². The largest absolute Gasteiger partial charge is 0.330 e. The fourth-order valence-corrected chi connectivity index (χ4v) is 1.08. The monoisotopic (exact) mass is 183 g/mol. The fourth-order valence-electron chi connectivity index (χ4n) is 1.08. The normalized spacial score (nSPS) is 11.1. The molecule has 0 bridgehead atoms. The minimum Gasteiger partial charge on any atom is -0.330 e. The van der Waals surface area contributed by atoms with Gasteiger partial charge in [0.2, 0.25) is 0 Å². The van der Waals surface area contributed by atoms with E-state index in [9.17, 15) is 0 Å². The first-order valence-corrected chi connectivity index (χ1v) is 4.47. The van der Waals surface area contributed by atoms with Crippen LogP contribution in [0.5, 0.6) is 0 Å². The van der Waals surface area contributed by atoms with Crippen molar-refractivity contribution in [3.63, 3.8) is 0 Å². The number of H-pyrrole nitrogens is 1. The van der Waals surface area contributed by atoms with E-state index in [1.165, 1.54) is 0 Å². The molecule has 1 heterocycles. The van der Waals surface area contributed by atoms with Gasteiger partial charge in [0.1, 0.15) is 5.82 Å². The van der Waals surface area contributed by atoms with Crippen LogP contribution in [0.2, 0.25) is 0 Å². The summed E-state index contributed by atoms with van der Waals surface area (Å²) >= 11 is 0. The zero-order chi connectivity index (χ0) is 9.68. The molecule has 0 fully saturated rings. The summed E-state index contributed by atoms with van der Waals surface area (Å²) in [6, 6.07) is 0. The summed E-state index contributed by atoms with van der Waals surface area (Å²) in [7, 11) is 4.00. The fraction of sp³-hybridized carbons (Fsp3) is 0.750. The third-order valence-corrected chi connectivity index (χ3v) is 1.65. The van der Waals surface area contributed by atoms with E-state index in [0.717, 1.165) is 31.0 Å². The molecule has 13 heavy (non-hydrogen) atoms. The molecule has 1 aromatic heterocycles. The van der Waals surface area contributed by atoms with E-state index < -0.39 is 0 Å². The Bertz CT molecular complexity index is 242. The van der Waals surface area contributed by atoms with E-state index in [-0.39, 0.29) is 0 Å². The standard InChI is InChI=1S/C8H17N5/c1-13(2)6-8-10-7(11-12-8)4-3-5-9/h3-6,9H2,1-2H3,(H,10,11,12). The number of hydrogen-bond donors (Lipinski definition) is 2. The van der Waals surface area contributed by atoms with Crippen molar-refractivity contribution in [2.45, 2.75) is 19.4 Å². The summed E-state index contributed by atoms with van der Waals surface area (Å²) in [5, 5.41) is 6.99. The average Bonchev–Trinajstić information content (AvgIpc) is 2.48. The van der Waals surface area contributed by atoms with E-state index >= 15 is 0 Å². The molecular formula is C8H17N5. The maximum absolute atomic E-state index is 5.39. The Morgan fingerprint density at radius 2 is 2.23 bits per heavy atom. The topological polar surface area (TPSA) is 70.8 Å². The number of aromatic amines is 1.